The van der Waals surface area contributed by atoms with Gasteiger partial charge in [0.25, 0.3) is 0 Å². The highest BCUT2D eigenvalue weighted by molar-refractivity contribution is 4.74. The monoisotopic (exact) mass is 186 g/mol. The average molecular weight is 186 g/mol. The standard InChI is InChI=1S/C10H22N2O/c1-13-7-5-10(11)8-12-6-4-9-2-3-9/h9-10,12H,2-8,11H2,1H3. The van der Waals surface area contributed by atoms with Crippen LogP contribution in [0.5, 0.6) is 0 Å². The first kappa shape index (κ1) is 11.0. The van der Waals surface area contributed by atoms with Gasteiger partial charge in [-0.2, -0.15) is 0 Å². The third-order valence-corrected chi connectivity index (χ3v) is 2.53. The van der Waals surface area contributed by atoms with E-state index in [-0.39, 0.29) is 6.04 Å². The highest BCUT2D eigenvalue weighted by Gasteiger charge is 2.19. The lowest BCUT2D eigenvalue weighted by Gasteiger charge is -2.11. The van der Waals surface area contributed by atoms with Gasteiger partial charge in [0, 0.05) is 26.3 Å². The third-order valence-electron chi connectivity index (χ3n) is 2.53. The molecule has 1 atom stereocenters. The van der Waals surface area contributed by atoms with Gasteiger partial charge in [0.15, 0.2) is 0 Å². The predicted octanol–water partition coefficient (Wildman–Crippen LogP) is 0.740. The first-order chi connectivity index (χ1) is 6.33. The molecule has 0 aromatic rings. The van der Waals surface area contributed by atoms with Gasteiger partial charge in [-0.25, -0.2) is 0 Å². The summed E-state index contributed by atoms with van der Waals surface area (Å²) in [6.07, 6.45) is 5.17. The summed E-state index contributed by atoms with van der Waals surface area (Å²) in [5.74, 6) is 1.02. The van der Waals surface area contributed by atoms with E-state index in [2.05, 4.69) is 5.32 Å². The maximum absolute atomic E-state index is 5.85. The lowest BCUT2D eigenvalue weighted by molar-refractivity contribution is 0.187. The van der Waals surface area contributed by atoms with Gasteiger partial charge >= 0.3 is 0 Å². The van der Waals surface area contributed by atoms with Crippen molar-refractivity contribution >= 4 is 0 Å². The summed E-state index contributed by atoms with van der Waals surface area (Å²) in [6, 6.07) is 0.249. The van der Waals surface area contributed by atoms with Crippen molar-refractivity contribution in [2.45, 2.75) is 31.7 Å². The molecule has 0 spiro atoms. The summed E-state index contributed by atoms with van der Waals surface area (Å²) in [5.41, 5.74) is 5.85. The summed E-state index contributed by atoms with van der Waals surface area (Å²) in [6.45, 7) is 2.83. The minimum atomic E-state index is 0.249. The van der Waals surface area contributed by atoms with E-state index in [1.54, 1.807) is 7.11 Å². The van der Waals surface area contributed by atoms with Crippen molar-refractivity contribution in [3.8, 4) is 0 Å². The Morgan fingerprint density at radius 1 is 1.54 bits per heavy atom. The van der Waals surface area contributed by atoms with Crippen LogP contribution in [0.3, 0.4) is 0 Å². The molecule has 1 aliphatic rings. The smallest absolute Gasteiger partial charge is 0.0477 e. The van der Waals surface area contributed by atoms with Gasteiger partial charge < -0.3 is 15.8 Å². The fourth-order valence-corrected chi connectivity index (χ4v) is 1.37. The molecule has 1 rings (SSSR count). The first-order valence-corrected chi connectivity index (χ1v) is 5.28. The topological polar surface area (TPSA) is 47.3 Å². The number of hydrogen-bond donors (Lipinski definition) is 2. The molecule has 3 heteroatoms. The van der Waals surface area contributed by atoms with Gasteiger partial charge in [-0.15, -0.1) is 0 Å². The average Bonchev–Trinajstić information content (AvgIpc) is 2.92. The van der Waals surface area contributed by atoms with Gasteiger partial charge in [-0.1, -0.05) is 12.8 Å². The second kappa shape index (κ2) is 6.35. The quantitative estimate of drug-likeness (QED) is 0.550. The van der Waals surface area contributed by atoms with Crippen LogP contribution < -0.4 is 11.1 Å². The van der Waals surface area contributed by atoms with Crippen molar-refractivity contribution < 1.29 is 4.74 Å². The second-order valence-electron chi connectivity index (χ2n) is 3.98. The molecule has 78 valence electrons. The molecule has 1 aliphatic carbocycles. The Balaban J connectivity index is 1.79. The number of methoxy groups -OCH3 is 1. The van der Waals surface area contributed by atoms with Crippen LogP contribution >= 0.6 is 0 Å². The molecular formula is C10H22N2O. The molecule has 0 bridgehead atoms. The molecule has 0 aromatic carbocycles. The lowest BCUT2D eigenvalue weighted by atomic mass is 10.2. The van der Waals surface area contributed by atoms with Gasteiger partial charge in [0.05, 0.1) is 0 Å². The lowest BCUT2D eigenvalue weighted by Crippen LogP contribution is -2.35. The zero-order valence-electron chi connectivity index (χ0n) is 8.59. The molecule has 13 heavy (non-hydrogen) atoms. The Morgan fingerprint density at radius 2 is 2.31 bits per heavy atom. The second-order valence-corrected chi connectivity index (χ2v) is 3.98. The van der Waals surface area contributed by atoms with Crippen LogP contribution in [0.2, 0.25) is 0 Å². The Kier molecular flexibility index (Phi) is 5.35. The summed E-state index contributed by atoms with van der Waals surface area (Å²) in [4.78, 5) is 0. The molecule has 1 unspecified atom stereocenters. The van der Waals surface area contributed by atoms with E-state index >= 15 is 0 Å². The number of nitrogens with two attached hydrogens (primary N) is 1. The molecule has 0 saturated heterocycles. The van der Waals surface area contributed by atoms with Crippen LogP contribution in [0, 0.1) is 5.92 Å². The van der Waals surface area contributed by atoms with E-state index in [4.69, 9.17) is 10.5 Å². The van der Waals surface area contributed by atoms with Crippen molar-refractivity contribution in [2.75, 3.05) is 26.8 Å². The minimum absolute atomic E-state index is 0.249. The molecule has 1 fully saturated rings. The minimum Gasteiger partial charge on any atom is -0.385 e. The van der Waals surface area contributed by atoms with Crippen LogP contribution in [0.25, 0.3) is 0 Å². The number of rotatable bonds is 8. The normalized spacial score (nSPS) is 18.9. The molecule has 0 radical (unpaired) electrons. The molecule has 3 N–H and O–H groups in total. The largest absolute Gasteiger partial charge is 0.385 e. The fourth-order valence-electron chi connectivity index (χ4n) is 1.37. The molecule has 0 amide bonds. The number of nitrogens with one attached hydrogen (secondary N) is 1. The van der Waals surface area contributed by atoms with Gasteiger partial charge in [-0.3, -0.25) is 0 Å². The Bertz CT molecular complexity index is 126. The summed E-state index contributed by atoms with van der Waals surface area (Å²) in [5, 5.41) is 3.38. The van der Waals surface area contributed by atoms with Crippen molar-refractivity contribution in [3.63, 3.8) is 0 Å². The highest BCUT2D eigenvalue weighted by Crippen LogP contribution is 2.31. The Labute approximate surface area is 81.0 Å². The van der Waals surface area contributed by atoms with E-state index in [0.717, 1.165) is 32.0 Å². The van der Waals surface area contributed by atoms with E-state index in [9.17, 15) is 0 Å². The van der Waals surface area contributed by atoms with Crippen LogP contribution in [-0.2, 0) is 4.74 Å². The van der Waals surface area contributed by atoms with Gasteiger partial charge in [0.2, 0.25) is 0 Å². The van der Waals surface area contributed by atoms with Gasteiger partial charge in [0.1, 0.15) is 0 Å². The SMILES string of the molecule is COCCC(N)CNCCC1CC1. The van der Waals surface area contributed by atoms with E-state index in [1.165, 1.54) is 19.3 Å². The maximum atomic E-state index is 5.85. The van der Waals surface area contributed by atoms with E-state index in [1.807, 2.05) is 0 Å². The zero-order chi connectivity index (χ0) is 9.52. The van der Waals surface area contributed by atoms with Crippen molar-refractivity contribution in [1.82, 2.24) is 5.32 Å². The molecule has 0 heterocycles. The van der Waals surface area contributed by atoms with Crippen LogP contribution in [-0.4, -0.2) is 32.8 Å². The maximum Gasteiger partial charge on any atom is 0.0477 e. The summed E-state index contributed by atoms with van der Waals surface area (Å²) in [7, 11) is 1.72. The fraction of sp³-hybridized carbons (Fsp3) is 1.00. The van der Waals surface area contributed by atoms with Gasteiger partial charge in [-0.05, 0) is 25.3 Å². The van der Waals surface area contributed by atoms with Crippen LogP contribution in [0.1, 0.15) is 25.7 Å². The van der Waals surface area contributed by atoms with E-state index in [0.29, 0.717) is 0 Å². The molecule has 3 nitrogen and oxygen atoms in total. The zero-order valence-corrected chi connectivity index (χ0v) is 8.59. The highest BCUT2D eigenvalue weighted by atomic mass is 16.5. The molecule has 0 aliphatic heterocycles. The Morgan fingerprint density at radius 3 is 2.92 bits per heavy atom. The summed E-state index contributed by atoms with van der Waals surface area (Å²) >= 11 is 0. The van der Waals surface area contributed by atoms with Crippen molar-refractivity contribution in [1.29, 1.82) is 0 Å². The molecule has 1 saturated carbocycles. The molecular weight excluding hydrogens is 164 g/mol. The van der Waals surface area contributed by atoms with E-state index < -0.39 is 0 Å². The number of hydrogen-bond acceptors (Lipinski definition) is 3. The van der Waals surface area contributed by atoms with Crippen molar-refractivity contribution in [2.24, 2.45) is 11.7 Å². The third kappa shape index (κ3) is 6.02. The Hall–Kier alpha value is -0.120. The predicted molar refractivity (Wildman–Crippen MR) is 54.7 cm³/mol. The van der Waals surface area contributed by atoms with Crippen molar-refractivity contribution in [3.05, 3.63) is 0 Å². The molecule has 0 aromatic heterocycles. The first-order valence-electron chi connectivity index (χ1n) is 5.28. The summed E-state index contributed by atoms with van der Waals surface area (Å²) < 4.78 is 4.96. The van der Waals surface area contributed by atoms with Crippen LogP contribution in [0.4, 0.5) is 0 Å². The number of ether oxygens (including phenoxy) is 1. The van der Waals surface area contributed by atoms with Crippen LogP contribution in [0.15, 0.2) is 0 Å².